The molecule has 34 heavy (non-hydrogen) atoms. The Bertz CT molecular complexity index is 1070. The molecule has 0 saturated carbocycles. The molecule has 0 spiro atoms. The molecule has 0 aliphatic carbocycles. The number of nitrogens with zero attached hydrogens (tertiary/aromatic N) is 2. The fraction of sp³-hybridized carbons (Fsp3) is 0.367. The third kappa shape index (κ3) is 5.11. The summed E-state index contributed by atoms with van der Waals surface area (Å²) in [5, 5.41) is 10.5. The lowest BCUT2D eigenvalue weighted by Gasteiger charge is -2.38. The topological polar surface area (TPSA) is 45.5 Å². The van der Waals surface area contributed by atoms with Crippen molar-refractivity contribution >= 4 is 0 Å². The monoisotopic (exact) mass is 454 g/mol. The summed E-state index contributed by atoms with van der Waals surface area (Å²) in [6, 6.07) is 31.0. The Hall–Kier alpha value is -3.29. The molecule has 1 aliphatic rings. The van der Waals surface area contributed by atoms with Gasteiger partial charge in [-0.25, -0.2) is 0 Å². The van der Waals surface area contributed by atoms with E-state index in [0.29, 0.717) is 0 Å². The number of rotatable bonds is 9. The Morgan fingerprint density at radius 1 is 0.882 bits per heavy atom. The molecule has 1 atom stereocenters. The Morgan fingerprint density at radius 3 is 2.09 bits per heavy atom. The molecule has 4 nitrogen and oxygen atoms in total. The fourth-order valence-electron chi connectivity index (χ4n) is 4.98. The van der Waals surface area contributed by atoms with Gasteiger partial charge in [0.2, 0.25) is 0 Å². The molecule has 0 radical (unpaired) electrons. The van der Waals surface area contributed by atoms with Gasteiger partial charge in [-0.2, -0.15) is 5.26 Å². The van der Waals surface area contributed by atoms with E-state index in [0.717, 1.165) is 55.0 Å². The molecule has 1 heterocycles. The van der Waals surface area contributed by atoms with Gasteiger partial charge in [0.15, 0.2) is 0 Å². The number of ether oxygens (including phenoxy) is 2. The van der Waals surface area contributed by atoms with E-state index in [-0.39, 0.29) is 11.6 Å². The molecule has 3 aromatic carbocycles. The number of benzene rings is 3. The smallest absolute Gasteiger partial charge is 0.123 e. The van der Waals surface area contributed by atoms with Crippen molar-refractivity contribution in [1.82, 2.24) is 4.90 Å². The summed E-state index contributed by atoms with van der Waals surface area (Å²) in [6.07, 6.45) is 2.79. The molecular weight excluding hydrogens is 420 g/mol. The van der Waals surface area contributed by atoms with Crippen LogP contribution in [0, 0.1) is 11.3 Å². The molecular formula is C30H34N2O2. The molecule has 0 bridgehead atoms. The van der Waals surface area contributed by atoms with Crippen molar-refractivity contribution in [1.29, 1.82) is 5.26 Å². The van der Waals surface area contributed by atoms with Crippen LogP contribution in [0.4, 0.5) is 0 Å². The van der Waals surface area contributed by atoms with Gasteiger partial charge in [-0.3, -0.25) is 4.90 Å². The lowest BCUT2D eigenvalue weighted by Crippen LogP contribution is -2.44. The third-order valence-corrected chi connectivity index (χ3v) is 7.18. The van der Waals surface area contributed by atoms with Gasteiger partial charge in [-0.15, -0.1) is 0 Å². The van der Waals surface area contributed by atoms with Crippen LogP contribution in [0.2, 0.25) is 0 Å². The summed E-state index contributed by atoms with van der Waals surface area (Å²) in [5.74, 6) is 1.66. The average Bonchev–Trinajstić information content (AvgIpc) is 3.36. The second-order valence-corrected chi connectivity index (χ2v) is 9.72. The Labute approximate surface area is 203 Å². The van der Waals surface area contributed by atoms with Crippen LogP contribution >= 0.6 is 0 Å². The van der Waals surface area contributed by atoms with E-state index in [1.54, 1.807) is 7.11 Å². The standard InChI is InChI=1S/C30H34N2O2/c1-29(2,32-20-17-28(22-32)34-27-16-10-15-26(21-27)33-3)18-19-30(23-31,24-11-6-4-7-12-24)25-13-8-5-9-14-25/h4-16,21,28H,17-20,22H2,1-3H3/t28-/m0/s1. The van der Waals surface area contributed by atoms with Crippen LogP contribution in [-0.2, 0) is 5.41 Å². The van der Waals surface area contributed by atoms with Crippen LogP contribution in [0.1, 0.15) is 44.2 Å². The van der Waals surface area contributed by atoms with Crippen molar-refractivity contribution in [2.24, 2.45) is 0 Å². The second-order valence-electron chi connectivity index (χ2n) is 9.72. The summed E-state index contributed by atoms with van der Waals surface area (Å²) in [6.45, 7) is 6.44. The van der Waals surface area contributed by atoms with E-state index < -0.39 is 5.41 Å². The van der Waals surface area contributed by atoms with Crippen molar-refractivity contribution in [3.63, 3.8) is 0 Å². The number of hydrogen-bond donors (Lipinski definition) is 0. The third-order valence-electron chi connectivity index (χ3n) is 7.18. The van der Waals surface area contributed by atoms with Gasteiger partial charge in [-0.05, 0) is 56.4 Å². The molecule has 0 unspecified atom stereocenters. The van der Waals surface area contributed by atoms with Gasteiger partial charge in [0.05, 0.1) is 13.2 Å². The van der Waals surface area contributed by atoms with Crippen molar-refractivity contribution < 1.29 is 9.47 Å². The second kappa shape index (κ2) is 10.3. The molecule has 0 amide bonds. The molecule has 176 valence electrons. The van der Waals surface area contributed by atoms with E-state index >= 15 is 0 Å². The first-order valence-corrected chi connectivity index (χ1v) is 12.0. The van der Waals surface area contributed by atoms with E-state index in [2.05, 4.69) is 49.1 Å². The highest BCUT2D eigenvalue weighted by atomic mass is 16.5. The Morgan fingerprint density at radius 2 is 1.50 bits per heavy atom. The number of nitriles is 1. The minimum absolute atomic E-state index is 0.0574. The van der Waals surface area contributed by atoms with Gasteiger partial charge in [0.1, 0.15) is 23.0 Å². The maximum absolute atomic E-state index is 10.5. The van der Waals surface area contributed by atoms with Crippen LogP contribution in [0.15, 0.2) is 84.9 Å². The average molecular weight is 455 g/mol. The molecule has 0 aromatic heterocycles. The van der Waals surface area contributed by atoms with Crippen molar-refractivity contribution in [3.8, 4) is 17.6 Å². The van der Waals surface area contributed by atoms with E-state index in [4.69, 9.17) is 9.47 Å². The van der Waals surface area contributed by atoms with Gasteiger partial charge < -0.3 is 9.47 Å². The number of likely N-dealkylation sites (tertiary alicyclic amines) is 1. The molecule has 1 saturated heterocycles. The minimum atomic E-state index is -0.671. The first-order valence-electron chi connectivity index (χ1n) is 12.0. The van der Waals surface area contributed by atoms with Gasteiger partial charge in [-0.1, -0.05) is 66.7 Å². The summed E-state index contributed by atoms with van der Waals surface area (Å²) in [5.41, 5.74) is 1.38. The zero-order chi connectivity index (χ0) is 24.0. The zero-order valence-electron chi connectivity index (χ0n) is 20.4. The fourth-order valence-corrected chi connectivity index (χ4v) is 4.98. The molecule has 1 fully saturated rings. The van der Waals surface area contributed by atoms with Crippen molar-refractivity contribution in [2.45, 2.75) is 50.2 Å². The highest BCUT2D eigenvalue weighted by Crippen LogP contribution is 2.39. The van der Waals surface area contributed by atoms with Crippen LogP contribution in [0.3, 0.4) is 0 Å². The van der Waals surface area contributed by atoms with Crippen molar-refractivity contribution in [3.05, 3.63) is 96.1 Å². The lowest BCUT2D eigenvalue weighted by molar-refractivity contribution is 0.114. The highest BCUT2D eigenvalue weighted by molar-refractivity contribution is 5.45. The minimum Gasteiger partial charge on any atom is -0.497 e. The van der Waals surface area contributed by atoms with E-state index in [1.807, 2.05) is 60.7 Å². The van der Waals surface area contributed by atoms with Crippen molar-refractivity contribution in [2.75, 3.05) is 20.2 Å². The normalized spacial score (nSPS) is 16.7. The maximum Gasteiger partial charge on any atom is 0.123 e. The number of hydrogen-bond acceptors (Lipinski definition) is 4. The summed E-state index contributed by atoms with van der Waals surface area (Å²) < 4.78 is 11.6. The Kier molecular flexibility index (Phi) is 7.24. The van der Waals surface area contributed by atoms with Crippen LogP contribution in [0.5, 0.6) is 11.5 Å². The van der Waals surface area contributed by atoms with Crippen LogP contribution < -0.4 is 9.47 Å². The SMILES string of the molecule is COc1cccc(O[C@H]2CCN(C(C)(C)CCC(C#N)(c3ccccc3)c3ccccc3)C2)c1. The van der Waals surface area contributed by atoms with Gasteiger partial charge in [0.25, 0.3) is 0 Å². The summed E-state index contributed by atoms with van der Waals surface area (Å²) >= 11 is 0. The molecule has 1 aliphatic heterocycles. The largest absolute Gasteiger partial charge is 0.497 e. The highest BCUT2D eigenvalue weighted by Gasteiger charge is 2.40. The Balaban J connectivity index is 1.48. The quantitative estimate of drug-likeness (QED) is 0.385. The maximum atomic E-state index is 10.5. The molecule has 0 N–H and O–H groups in total. The summed E-state index contributed by atoms with van der Waals surface area (Å²) in [4.78, 5) is 2.51. The van der Waals surface area contributed by atoms with E-state index in [9.17, 15) is 5.26 Å². The predicted molar refractivity (Wildman–Crippen MR) is 136 cm³/mol. The van der Waals surface area contributed by atoms with Gasteiger partial charge >= 0.3 is 0 Å². The van der Waals surface area contributed by atoms with E-state index in [1.165, 1.54) is 0 Å². The molecule has 3 aromatic rings. The first-order chi connectivity index (χ1) is 16.5. The molecule has 4 rings (SSSR count). The van der Waals surface area contributed by atoms with Crippen LogP contribution in [0.25, 0.3) is 0 Å². The van der Waals surface area contributed by atoms with Gasteiger partial charge in [0, 0.05) is 24.7 Å². The van der Waals surface area contributed by atoms with Crippen LogP contribution in [-0.4, -0.2) is 36.7 Å². The predicted octanol–water partition coefficient (Wildman–Crippen LogP) is 6.22. The first kappa shape index (κ1) is 23.9. The zero-order valence-corrected chi connectivity index (χ0v) is 20.4. The number of methoxy groups -OCH3 is 1. The summed E-state index contributed by atoms with van der Waals surface area (Å²) in [7, 11) is 1.67. The molecule has 4 heteroatoms. The lowest BCUT2D eigenvalue weighted by atomic mass is 9.70.